The average Bonchev–Trinajstić information content (AvgIpc) is 3.26. The Hall–Kier alpha value is -3.45. The molecule has 0 fully saturated rings. The van der Waals surface area contributed by atoms with E-state index in [9.17, 15) is 9.59 Å². The Morgan fingerprint density at radius 1 is 1.05 bits per heavy atom. The minimum atomic E-state index is -0.269. The van der Waals surface area contributed by atoms with Gasteiger partial charge in [0.25, 0.3) is 0 Å². The zero-order valence-electron chi connectivity index (χ0n) is 23.0. The van der Waals surface area contributed by atoms with Gasteiger partial charge in [-0.15, -0.1) is 0 Å². The maximum Gasteiger partial charge on any atom is 0.249 e. The van der Waals surface area contributed by atoms with Crippen molar-refractivity contribution >= 4 is 17.6 Å². The molecule has 0 aliphatic rings. The quantitative estimate of drug-likeness (QED) is 0.374. The molecule has 0 saturated carbocycles. The average molecular weight is 505 g/mol. The SMILES string of the molecule is Cc1cccc(-n2nc(C(C)(C)C)cc2NC(=O)CN(CCC(C)C)C(=O)COCc2ccccc2)c1. The fourth-order valence-corrected chi connectivity index (χ4v) is 3.78. The Morgan fingerprint density at radius 3 is 2.43 bits per heavy atom. The topological polar surface area (TPSA) is 76.5 Å². The number of carbonyl (C=O) groups is 2. The fraction of sp³-hybridized carbons (Fsp3) is 0.433. The number of carbonyl (C=O) groups excluding carboxylic acids is 2. The van der Waals surface area contributed by atoms with Crippen LogP contribution < -0.4 is 5.32 Å². The van der Waals surface area contributed by atoms with Crippen LogP contribution in [0.1, 0.15) is 57.9 Å². The van der Waals surface area contributed by atoms with E-state index in [1.807, 2.05) is 67.6 Å². The van der Waals surface area contributed by atoms with E-state index in [2.05, 4.69) is 39.9 Å². The molecular weight excluding hydrogens is 464 g/mol. The molecule has 3 rings (SSSR count). The van der Waals surface area contributed by atoms with Crippen molar-refractivity contribution < 1.29 is 14.3 Å². The number of aryl methyl sites for hydroxylation is 1. The van der Waals surface area contributed by atoms with Gasteiger partial charge in [0.05, 0.1) is 24.5 Å². The molecule has 2 amide bonds. The largest absolute Gasteiger partial charge is 0.367 e. The third-order valence-corrected chi connectivity index (χ3v) is 5.99. The van der Waals surface area contributed by atoms with Crippen molar-refractivity contribution in [2.24, 2.45) is 5.92 Å². The molecule has 0 unspecified atom stereocenters. The van der Waals surface area contributed by atoms with Crippen LogP contribution in [-0.4, -0.2) is 46.2 Å². The lowest BCUT2D eigenvalue weighted by atomic mass is 9.92. The van der Waals surface area contributed by atoms with Crippen molar-refractivity contribution in [1.82, 2.24) is 14.7 Å². The number of ether oxygens (including phenoxy) is 1. The molecule has 0 atom stereocenters. The van der Waals surface area contributed by atoms with E-state index in [4.69, 9.17) is 9.84 Å². The van der Waals surface area contributed by atoms with Gasteiger partial charge in [-0.3, -0.25) is 9.59 Å². The summed E-state index contributed by atoms with van der Waals surface area (Å²) in [5, 5.41) is 7.79. The first-order chi connectivity index (χ1) is 17.5. The lowest BCUT2D eigenvalue weighted by molar-refractivity contribution is -0.139. The Labute approximate surface area is 220 Å². The van der Waals surface area contributed by atoms with Gasteiger partial charge >= 0.3 is 0 Å². The molecule has 0 spiro atoms. The van der Waals surface area contributed by atoms with Gasteiger partial charge in [-0.2, -0.15) is 5.10 Å². The van der Waals surface area contributed by atoms with Gasteiger partial charge in [0.15, 0.2) is 0 Å². The molecule has 7 nitrogen and oxygen atoms in total. The molecule has 2 aromatic carbocycles. The summed E-state index contributed by atoms with van der Waals surface area (Å²) in [6.07, 6.45) is 0.799. The predicted molar refractivity (Wildman–Crippen MR) is 148 cm³/mol. The molecule has 0 radical (unpaired) electrons. The van der Waals surface area contributed by atoms with E-state index in [0.717, 1.165) is 28.9 Å². The second-order valence-corrected chi connectivity index (χ2v) is 10.9. The van der Waals surface area contributed by atoms with E-state index >= 15 is 0 Å². The highest BCUT2D eigenvalue weighted by Gasteiger charge is 2.23. The van der Waals surface area contributed by atoms with Crippen LogP contribution in [0.3, 0.4) is 0 Å². The Bertz CT molecular complexity index is 1180. The highest BCUT2D eigenvalue weighted by molar-refractivity contribution is 5.94. The molecular formula is C30H40N4O3. The number of anilines is 1. The van der Waals surface area contributed by atoms with Gasteiger partial charge in [0.1, 0.15) is 12.4 Å². The van der Waals surface area contributed by atoms with Crippen LogP contribution in [0.5, 0.6) is 0 Å². The molecule has 0 aliphatic carbocycles. The van der Waals surface area contributed by atoms with Crippen LogP contribution in [0.25, 0.3) is 5.69 Å². The number of hydrogen-bond acceptors (Lipinski definition) is 4. The van der Waals surface area contributed by atoms with Crippen LogP contribution in [0.15, 0.2) is 60.7 Å². The summed E-state index contributed by atoms with van der Waals surface area (Å²) in [4.78, 5) is 27.8. The van der Waals surface area contributed by atoms with Crippen LogP contribution >= 0.6 is 0 Å². The number of amides is 2. The second-order valence-electron chi connectivity index (χ2n) is 10.9. The molecule has 1 heterocycles. The highest BCUT2D eigenvalue weighted by Crippen LogP contribution is 2.26. The smallest absolute Gasteiger partial charge is 0.249 e. The van der Waals surface area contributed by atoms with Crippen LogP contribution in [0.2, 0.25) is 0 Å². The normalized spacial score (nSPS) is 11.5. The van der Waals surface area contributed by atoms with Gasteiger partial charge in [0, 0.05) is 18.0 Å². The van der Waals surface area contributed by atoms with E-state index in [0.29, 0.717) is 24.9 Å². The summed E-state index contributed by atoms with van der Waals surface area (Å²) >= 11 is 0. The fourth-order valence-electron chi connectivity index (χ4n) is 3.78. The van der Waals surface area contributed by atoms with Gasteiger partial charge in [0.2, 0.25) is 11.8 Å². The van der Waals surface area contributed by atoms with Gasteiger partial charge in [-0.25, -0.2) is 4.68 Å². The number of hydrogen-bond donors (Lipinski definition) is 1. The zero-order chi connectivity index (χ0) is 27.0. The molecule has 1 N–H and O–H groups in total. The van der Waals surface area contributed by atoms with E-state index in [-0.39, 0.29) is 30.4 Å². The third kappa shape index (κ3) is 8.57. The molecule has 37 heavy (non-hydrogen) atoms. The standard InChI is InChI=1S/C30H40N4O3/c1-22(2)15-16-33(29(36)21-37-20-24-12-8-7-9-13-24)19-28(35)31-27-18-26(30(4,5)6)32-34(27)25-14-10-11-23(3)17-25/h7-14,17-18,22H,15-16,19-21H2,1-6H3,(H,31,35). The molecule has 3 aromatic rings. The molecule has 198 valence electrons. The van der Waals surface area contributed by atoms with Crippen molar-refractivity contribution in [1.29, 1.82) is 0 Å². The Morgan fingerprint density at radius 2 is 1.78 bits per heavy atom. The minimum Gasteiger partial charge on any atom is -0.367 e. The van der Waals surface area contributed by atoms with Crippen LogP contribution in [0, 0.1) is 12.8 Å². The first-order valence-corrected chi connectivity index (χ1v) is 12.9. The first kappa shape index (κ1) is 28.1. The zero-order valence-corrected chi connectivity index (χ0v) is 23.0. The maximum atomic E-state index is 13.2. The number of aromatic nitrogens is 2. The molecule has 7 heteroatoms. The summed E-state index contributed by atoms with van der Waals surface area (Å²) in [5.41, 5.74) is 3.65. The molecule has 0 saturated heterocycles. The maximum absolute atomic E-state index is 13.2. The van der Waals surface area contributed by atoms with Crippen LogP contribution in [-0.2, 0) is 26.3 Å². The van der Waals surface area contributed by atoms with Crippen molar-refractivity contribution in [3.05, 3.63) is 77.5 Å². The second kappa shape index (κ2) is 12.7. The Kier molecular flexibility index (Phi) is 9.64. The first-order valence-electron chi connectivity index (χ1n) is 12.9. The number of nitrogens with zero attached hydrogens (tertiary/aromatic N) is 3. The minimum absolute atomic E-state index is 0.0515. The lowest BCUT2D eigenvalue weighted by Crippen LogP contribution is -2.41. The summed E-state index contributed by atoms with van der Waals surface area (Å²) in [7, 11) is 0. The van der Waals surface area contributed by atoms with E-state index < -0.39 is 0 Å². The lowest BCUT2D eigenvalue weighted by Gasteiger charge is -2.23. The summed E-state index contributed by atoms with van der Waals surface area (Å²) in [5.74, 6) is 0.515. The highest BCUT2D eigenvalue weighted by atomic mass is 16.5. The summed E-state index contributed by atoms with van der Waals surface area (Å²) < 4.78 is 7.42. The molecule has 0 aliphatic heterocycles. The van der Waals surface area contributed by atoms with Crippen molar-refractivity contribution in [2.45, 2.75) is 60.0 Å². The summed E-state index contributed by atoms with van der Waals surface area (Å²) in [6, 6.07) is 19.6. The summed E-state index contributed by atoms with van der Waals surface area (Å²) in [6.45, 7) is 13.2. The van der Waals surface area contributed by atoms with Gasteiger partial charge in [-0.1, -0.05) is 77.1 Å². The third-order valence-electron chi connectivity index (χ3n) is 5.99. The number of benzene rings is 2. The van der Waals surface area contributed by atoms with E-state index in [1.54, 1.807) is 9.58 Å². The number of rotatable bonds is 11. The monoisotopic (exact) mass is 504 g/mol. The van der Waals surface area contributed by atoms with Crippen molar-refractivity contribution in [2.75, 3.05) is 25.0 Å². The molecule has 0 bridgehead atoms. The van der Waals surface area contributed by atoms with Crippen molar-refractivity contribution in [3.63, 3.8) is 0 Å². The van der Waals surface area contributed by atoms with E-state index in [1.165, 1.54) is 0 Å². The van der Waals surface area contributed by atoms with Gasteiger partial charge < -0.3 is 15.0 Å². The van der Waals surface area contributed by atoms with Crippen molar-refractivity contribution in [3.8, 4) is 5.69 Å². The number of nitrogens with one attached hydrogen (secondary N) is 1. The molecule has 1 aromatic heterocycles. The Balaban J connectivity index is 1.73. The van der Waals surface area contributed by atoms with Gasteiger partial charge in [-0.05, 0) is 42.5 Å². The predicted octanol–water partition coefficient (Wildman–Crippen LogP) is 5.51. The van der Waals surface area contributed by atoms with Crippen LogP contribution in [0.4, 0.5) is 5.82 Å².